The summed E-state index contributed by atoms with van der Waals surface area (Å²) in [5.41, 5.74) is 1.25. The van der Waals surface area contributed by atoms with E-state index in [9.17, 15) is 14.7 Å². The van der Waals surface area contributed by atoms with Gasteiger partial charge in [0, 0.05) is 24.8 Å². The first-order chi connectivity index (χ1) is 9.56. The van der Waals surface area contributed by atoms with Crippen LogP contribution in [0.25, 0.3) is 6.08 Å². The van der Waals surface area contributed by atoms with Gasteiger partial charge in [-0.05, 0) is 17.7 Å². The Hall–Kier alpha value is -2.50. The molecule has 1 atom stereocenters. The van der Waals surface area contributed by atoms with Gasteiger partial charge in [0.05, 0.1) is 13.2 Å². The predicted molar refractivity (Wildman–Crippen MR) is 71.0 cm³/mol. The van der Waals surface area contributed by atoms with E-state index in [2.05, 4.69) is 0 Å². The van der Waals surface area contributed by atoms with E-state index in [1.165, 1.54) is 31.2 Å². The Morgan fingerprint density at radius 1 is 1.50 bits per heavy atom. The third kappa shape index (κ3) is 2.59. The zero-order valence-corrected chi connectivity index (χ0v) is 11.2. The molecule has 0 fully saturated rings. The van der Waals surface area contributed by atoms with Crippen molar-refractivity contribution >= 4 is 18.5 Å². The summed E-state index contributed by atoms with van der Waals surface area (Å²) >= 11 is 0. The number of phenolic OH excluding ortho intramolecular Hbond substituents is 1. The number of hydrogen-bond acceptors (Lipinski definition) is 5. The van der Waals surface area contributed by atoms with E-state index in [0.29, 0.717) is 23.3 Å². The van der Waals surface area contributed by atoms with Crippen molar-refractivity contribution < 1.29 is 24.2 Å². The molecule has 0 aliphatic carbocycles. The number of esters is 1. The van der Waals surface area contributed by atoms with Gasteiger partial charge in [-0.25, -0.2) is 0 Å². The van der Waals surface area contributed by atoms with Crippen LogP contribution in [0.2, 0.25) is 0 Å². The number of nitrogens with zero attached hydrogens (tertiary/aromatic N) is 1. The number of ether oxygens (including phenoxy) is 2. The van der Waals surface area contributed by atoms with Crippen LogP contribution in [0.4, 0.5) is 0 Å². The van der Waals surface area contributed by atoms with Gasteiger partial charge in [-0.1, -0.05) is 0 Å². The standard InChI is InChI=1S/C14H15NO5/c1-9(17)20-7-13-12-5-10(19-2)6-14(18)11(12)3-4-15(13)8-16/h3-6,8,13,18H,7H2,1-2H3/t13-/m0/s1. The summed E-state index contributed by atoms with van der Waals surface area (Å²) in [6.07, 6.45) is 3.81. The predicted octanol–water partition coefficient (Wildman–Crippen LogP) is 1.45. The van der Waals surface area contributed by atoms with E-state index in [4.69, 9.17) is 9.47 Å². The summed E-state index contributed by atoms with van der Waals surface area (Å²) in [6, 6.07) is 2.71. The van der Waals surface area contributed by atoms with Crippen molar-refractivity contribution in [1.29, 1.82) is 0 Å². The zero-order valence-electron chi connectivity index (χ0n) is 11.2. The maximum absolute atomic E-state index is 11.1. The molecule has 6 heteroatoms. The average Bonchev–Trinajstić information content (AvgIpc) is 2.44. The van der Waals surface area contributed by atoms with Gasteiger partial charge < -0.3 is 19.5 Å². The Balaban J connectivity index is 2.44. The van der Waals surface area contributed by atoms with Crippen molar-refractivity contribution in [2.75, 3.05) is 13.7 Å². The molecule has 20 heavy (non-hydrogen) atoms. The summed E-state index contributed by atoms with van der Waals surface area (Å²) in [6.45, 7) is 1.31. The molecule has 6 nitrogen and oxygen atoms in total. The normalized spacial score (nSPS) is 16.5. The second-order valence-electron chi connectivity index (χ2n) is 4.34. The van der Waals surface area contributed by atoms with Gasteiger partial charge in [0.15, 0.2) is 0 Å². The Morgan fingerprint density at radius 2 is 2.25 bits per heavy atom. The lowest BCUT2D eigenvalue weighted by atomic mass is 9.95. The molecule has 1 N–H and O–H groups in total. The van der Waals surface area contributed by atoms with E-state index >= 15 is 0 Å². The largest absolute Gasteiger partial charge is 0.507 e. The van der Waals surface area contributed by atoms with Crippen molar-refractivity contribution in [2.24, 2.45) is 0 Å². The van der Waals surface area contributed by atoms with Crippen LogP contribution < -0.4 is 4.74 Å². The Kier molecular flexibility index (Phi) is 3.93. The Labute approximate surface area is 116 Å². The molecule has 0 saturated carbocycles. The van der Waals surface area contributed by atoms with E-state index in [-0.39, 0.29) is 12.4 Å². The maximum atomic E-state index is 11.1. The average molecular weight is 277 g/mol. The third-order valence-corrected chi connectivity index (χ3v) is 3.10. The van der Waals surface area contributed by atoms with Crippen LogP contribution in [0, 0.1) is 0 Å². The third-order valence-electron chi connectivity index (χ3n) is 3.10. The highest BCUT2D eigenvalue weighted by atomic mass is 16.5. The number of hydrogen-bond donors (Lipinski definition) is 1. The minimum absolute atomic E-state index is 0.0119. The van der Waals surface area contributed by atoms with Crippen LogP contribution in [0.3, 0.4) is 0 Å². The van der Waals surface area contributed by atoms with Crippen molar-refractivity contribution in [3.8, 4) is 11.5 Å². The number of amides is 1. The van der Waals surface area contributed by atoms with Gasteiger partial charge in [-0.3, -0.25) is 9.59 Å². The Morgan fingerprint density at radius 3 is 2.85 bits per heavy atom. The zero-order chi connectivity index (χ0) is 14.7. The molecule has 1 aliphatic heterocycles. The summed E-state index contributed by atoms with van der Waals surface area (Å²) < 4.78 is 10.1. The van der Waals surface area contributed by atoms with Gasteiger partial charge in [0.2, 0.25) is 6.41 Å². The summed E-state index contributed by atoms with van der Waals surface area (Å²) in [5.74, 6) is 0.0864. The second kappa shape index (κ2) is 5.64. The van der Waals surface area contributed by atoms with Crippen molar-refractivity contribution in [3.05, 3.63) is 29.5 Å². The first-order valence-electron chi connectivity index (χ1n) is 6.02. The molecular weight excluding hydrogens is 262 g/mol. The van der Waals surface area contributed by atoms with Crippen molar-refractivity contribution in [2.45, 2.75) is 13.0 Å². The van der Waals surface area contributed by atoms with Gasteiger partial charge in [0.1, 0.15) is 18.1 Å². The molecule has 1 amide bonds. The van der Waals surface area contributed by atoms with Crippen LogP contribution in [0.15, 0.2) is 18.3 Å². The van der Waals surface area contributed by atoms with Crippen LogP contribution in [-0.2, 0) is 14.3 Å². The monoisotopic (exact) mass is 277 g/mol. The van der Waals surface area contributed by atoms with Crippen molar-refractivity contribution in [1.82, 2.24) is 4.90 Å². The molecule has 1 aliphatic rings. The molecule has 0 saturated heterocycles. The van der Waals surface area contributed by atoms with Crippen LogP contribution in [-0.4, -0.2) is 36.1 Å². The van der Waals surface area contributed by atoms with Crippen LogP contribution in [0.5, 0.6) is 11.5 Å². The molecule has 0 spiro atoms. The second-order valence-corrected chi connectivity index (χ2v) is 4.34. The number of phenols is 1. The topological polar surface area (TPSA) is 76.1 Å². The first kappa shape index (κ1) is 13.9. The SMILES string of the molecule is COc1cc(O)c2c(c1)[C@H](COC(C)=O)N(C=O)C=C2. The smallest absolute Gasteiger partial charge is 0.302 e. The molecule has 0 radical (unpaired) electrons. The molecule has 0 aromatic heterocycles. The highest BCUT2D eigenvalue weighted by molar-refractivity contribution is 5.70. The lowest BCUT2D eigenvalue weighted by molar-refractivity contribution is -0.143. The molecule has 2 rings (SSSR count). The fourth-order valence-electron chi connectivity index (χ4n) is 2.11. The lowest BCUT2D eigenvalue weighted by Gasteiger charge is -2.30. The van der Waals surface area contributed by atoms with Gasteiger partial charge in [0.25, 0.3) is 0 Å². The van der Waals surface area contributed by atoms with E-state index in [1.807, 2.05) is 0 Å². The number of carbonyl (C=O) groups excluding carboxylic acids is 2. The summed E-state index contributed by atoms with van der Waals surface area (Å²) in [5, 5.41) is 9.98. The molecule has 1 aromatic carbocycles. The number of aromatic hydroxyl groups is 1. The highest BCUT2D eigenvalue weighted by Crippen LogP contribution is 2.37. The Bertz CT molecular complexity index is 567. The number of fused-ring (bicyclic) bond motifs is 1. The summed E-state index contributed by atoms with van der Waals surface area (Å²) in [7, 11) is 1.48. The fourth-order valence-corrected chi connectivity index (χ4v) is 2.11. The number of carbonyl (C=O) groups is 2. The van der Waals surface area contributed by atoms with E-state index in [1.54, 1.807) is 12.1 Å². The number of benzene rings is 1. The first-order valence-corrected chi connectivity index (χ1v) is 6.02. The van der Waals surface area contributed by atoms with Crippen LogP contribution >= 0.6 is 0 Å². The van der Waals surface area contributed by atoms with Gasteiger partial charge >= 0.3 is 5.97 Å². The quantitative estimate of drug-likeness (QED) is 0.666. The van der Waals surface area contributed by atoms with Crippen LogP contribution in [0.1, 0.15) is 24.1 Å². The number of methoxy groups -OCH3 is 1. The van der Waals surface area contributed by atoms with Crippen molar-refractivity contribution in [3.63, 3.8) is 0 Å². The highest BCUT2D eigenvalue weighted by Gasteiger charge is 2.27. The van der Waals surface area contributed by atoms with Gasteiger partial charge in [-0.15, -0.1) is 0 Å². The summed E-state index contributed by atoms with van der Waals surface area (Å²) in [4.78, 5) is 23.4. The molecule has 0 bridgehead atoms. The molecule has 0 unspecified atom stereocenters. The molecular formula is C14H15NO5. The van der Waals surface area contributed by atoms with E-state index in [0.717, 1.165) is 0 Å². The molecule has 106 valence electrons. The minimum atomic E-state index is -0.489. The molecule has 1 aromatic rings. The lowest BCUT2D eigenvalue weighted by Crippen LogP contribution is -2.29. The fraction of sp³-hybridized carbons (Fsp3) is 0.286. The maximum Gasteiger partial charge on any atom is 0.302 e. The minimum Gasteiger partial charge on any atom is -0.507 e. The number of rotatable bonds is 4. The van der Waals surface area contributed by atoms with E-state index < -0.39 is 12.0 Å². The van der Waals surface area contributed by atoms with Gasteiger partial charge in [-0.2, -0.15) is 0 Å². The molecule has 1 heterocycles.